The van der Waals surface area contributed by atoms with Crippen molar-refractivity contribution < 1.29 is 23.5 Å². The number of aromatic nitrogens is 2. The third-order valence-corrected chi connectivity index (χ3v) is 6.52. The Bertz CT molecular complexity index is 1430. The quantitative estimate of drug-likeness (QED) is 0.400. The summed E-state index contributed by atoms with van der Waals surface area (Å²) in [6.07, 6.45) is 1.26. The number of piperazine rings is 1. The fraction of sp³-hybridized carbons (Fsp3) is 0.261. The first kappa shape index (κ1) is 21.8. The number of para-hydroxylation sites is 1. The molecule has 1 saturated heterocycles. The van der Waals surface area contributed by atoms with Crippen molar-refractivity contribution in [2.75, 3.05) is 32.8 Å². The van der Waals surface area contributed by atoms with Gasteiger partial charge in [-0.2, -0.15) is 0 Å². The van der Waals surface area contributed by atoms with E-state index in [2.05, 4.69) is 4.98 Å². The van der Waals surface area contributed by atoms with Crippen LogP contribution in [0.15, 0.2) is 57.3 Å². The van der Waals surface area contributed by atoms with Crippen molar-refractivity contribution in [1.82, 2.24) is 19.4 Å². The van der Waals surface area contributed by atoms with E-state index < -0.39 is 24.7 Å². The van der Waals surface area contributed by atoms with E-state index in [1.807, 2.05) is 17.5 Å². The lowest BCUT2D eigenvalue weighted by Gasteiger charge is -2.34. The molecule has 2 amide bonds. The van der Waals surface area contributed by atoms with Gasteiger partial charge in [0, 0.05) is 31.6 Å². The summed E-state index contributed by atoms with van der Waals surface area (Å²) in [5.74, 6) is -1.14. The summed E-state index contributed by atoms with van der Waals surface area (Å²) in [5.41, 5.74) is 0.515. The van der Waals surface area contributed by atoms with Crippen LogP contribution in [0.25, 0.3) is 22.1 Å². The summed E-state index contributed by atoms with van der Waals surface area (Å²) in [6.45, 7) is 0.713. The summed E-state index contributed by atoms with van der Waals surface area (Å²) in [7, 11) is 0. The van der Waals surface area contributed by atoms with E-state index in [0.29, 0.717) is 47.5 Å². The lowest BCUT2D eigenvalue weighted by atomic mass is 10.2. The molecule has 174 valence electrons. The molecule has 34 heavy (non-hydrogen) atoms. The van der Waals surface area contributed by atoms with Crippen LogP contribution in [0.3, 0.4) is 0 Å². The van der Waals surface area contributed by atoms with Gasteiger partial charge in [0.15, 0.2) is 6.61 Å². The zero-order valence-corrected chi connectivity index (χ0v) is 18.8. The van der Waals surface area contributed by atoms with Crippen LogP contribution < -0.4 is 5.56 Å². The first-order valence-corrected chi connectivity index (χ1v) is 11.5. The van der Waals surface area contributed by atoms with Crippen LogP contribution >= 0.6 is 11.3 Å². The average Bonchev–Trinajstić information content (AvgIpc) is 3.53. The van der Waals surface area contributed by atoms with E-state index >= 15 is 0 Å². The zero-order valence-electron chi connectivity index (χ0n) is 18.0. The van der Waals surface area contributed by atoms with Gasteiger partial charge in [-0.05, 0) is 23.6 Å². The molecule has 0 unspecified atom stereocenters. The standard InChI is InChI=1S/C23H20N4O6S/c28-18(25-7-9-26(10-8-25)22(30)17-6-3-11-34-17)13-32-19(29)12-27-14-24-20-15-4-1-2-5-16(15)33-21(20)23(27)31/h1-6,11,14H,7-10,12-13H2. The highest BCUT2D eigenvalue weighted by atomic mass is 32.1. The van der Waals surface area contributed by atoms with Crippen molar-refractivity contribution in [2.24, 2.45) is 0 Å². The molecule has 0 bridgehead atoms. The Kier molecular flexibility index (Phi) is 5.84. The number of hydrogen-bond donors (Lipinski definition) is 0. The van der Waals surface area contributed by atoms with Crippen LogP contribution in [0, 0.1) is 0 Å². The molecule has 3 aromatic heterocycles. The molecule has 0 aliphatic carbocycles. The van der Waals surface area contributed by atoms with Gasteiger partial charge in [-0.25, -0.2) is 4.98 Å². The second kappa shape index (κ2) is 9.10. The molecule has 1 aliphatic rings. The molecule has 10 nitrogen and oxygen atoms in total. The number of fused-ring (bicyclic) bond motifs is 3. The fourth-order valence-corrected chi connectivity index (χ4v) is 4.55. The molecule has 0 N–H and O–H groups in total. The maximum absolute atomic E-state index is 12.7. The molecule has 11 heteroatoms. The number of hydrogen-bond acceptors (Lipinski definition) is 8. The summed E-state index contributed by atoms with van der Waals surface area (Å²) < 4.78 is 11.8. The lowest BCUT2D eigenvalue weighted by Crippen LogP contribution is -2.51. The SMILES string of the molecule is O=C(Cn1cnc2c(oc3ccccc32)c1=O)OCC(=O)N1CCN(C(=O)c2cccs2)CC1. The van der Waals surface area contributed by atoms with Crippen LogP contribution in [0.5, 0.6) is 0 Å². The first-order chi connectivity index (χ1) is 16.5. The second-order valence-electron chi connectivity index (χ2n) is 7.76. The molecule has 0 atom stereocenters. The normalized spacial score (nSPS) is 14.0. The highest BCUT2D eigenvalue weighted by Gasteiger charge is 2.26. The summed E-state index contributed by atoms with van der Waals surface area (Å²) in [4.78, 5) is 58.0. The maximum atomic E-state index is 12.7. The number of esters is 1. The van der Waals surface area contributed by atoms with Crippen LogP contribution in [0.2, 0.25) is 0 Å². The lowest BCUT2D eigenvalue weighted by molar-refractivity contribution is -0.153. The molecule has 0 radical (unpaired) electrons. The topological polar surface area (TPSA) is 115 Å². The average molecular weight is 481 g/mol. The molecule has 1 aliphatic heterocycles. The number of rotatable bonds is 5. The number of carbonyl (C=O) groups excluding carboxylic acids is 3. The molecular formula is C23H20N4O6S. The molecule has 4 heterocycles. The van der Waals surface area contributed by atoms with E-state index in [9.17, 15) is 19.2 Å². The number of furan rings is 1. The first-order valence-electron chi connectivity index (χ1n) is 10.6. The van der Waals surface area contributed by atoms with Gasteiger partial charge in [0.1, 0.15) is 17.6 Å². The van der Waals surface area contributed by atoms with Crippen molar-refractivity contribution in [3.8, 4) is 0 Å². The van der Waals surface area contributed by atoms with Crippen molar-refractivity contribution in [3.05, 3.63) is 63.3 Å². The molecular weight excluding hydrogens is 460 g/mol. The van der Waals surface area contributed by atoms with E-state index in [1.165, 1.54) is 17.7 Å². The molecule has 1 fully saturated rings. The van der Waals surface area contributed by atoms with Gasteiger partial charge < -0.3 is 19.0 Å². The summed E-state index contributed by atoms with van der Waals surface area (Å²) in [5, 5.41) is 2.56. The van der Waals surface area contributed by atoms with Gasteiger partial charge in [0.25, 0.3) is 17.4 Å². The van der Waals surface area contributed by atoms with Crippen LogP contribution in [0.1, 0.15) is 9.67 Å². The van der Waals surface area contributed by atoms with Gasteiger partial charge in [-0.3, -0.25) is 23.7 Å². The Balaban J connectivity index is 1.15. The van der Waals surface area contributed by atoms with Crippen LogP contribution in [-0.4, -0.2) is 69.9 Å². The van der Waals surface area contributed by atoms with Gasteiger partial charge in [-0.15, -0.1) is 11.3 Å². The number of benzene rings is 1. The predicted molar refractivity (Wildman–Crippen MR) is 124 cm³/mol. The summed E-state index contributed by atoms with van der Waals surface area (Å²) >= 11 is 1.38. The minimum absolute atomic E-state index is 0.0472. The number of thiophene rings is 1. The van der Waals surface area contributed by atoms with Crippen molar-refractivity contribution in [2.45, 2.75) is 6.54 Å². The smallest absolute Gasteiger partial charge is 0.326 e. The predicted octanol–water partition coefficient (Wildman–Crippen LogP) is 1.73. The van der Waals surface area contributed by atoms with Crippen molar-refractivity contribution in [1.29, 1.82) is 0 Å². The van der Waals surface area contributed by atoms with E-state index in [0.717, 1.165) is 4.57 Å². The molecule has 0 spiro atoms. The van der Waals surface area contributed by atoms with Crippen LogP contribution in [-0.2, 0) is 20.9 Å². The van der Waals surface area contributed by atoms with E-state index in [4.69, 9.17) is 9.15 Å². The third-order valence-electron chi connectivity index (χ3n) is 5.66. The fourth-order valence-electron chi connectivity index (χ4n) is 3.86. The number of amides is 2. The van der Waals surface area contributed by atoms with Crippen molar-refractivity contribution >= 4 is 51.2 Å². The minimum Gasteiger partial charge on any atom is -0.454 e. The minimum atomic E-state index is -0.737. The Morgan fingerprint density at radius 3 is 2.56 bits per heavy atom. The van der Waals surface area contributed by atoms with Crippen molar-refractivity contribution in [3.63, 3.8) is 0 Å². The van der Waals surface area contributed by atoms with Gasteiger partial charge in [0.05, 0.1) is 11.2 Å². The Morgan fingerprint density at radius 1 is 1.03 bits per heavy atom. The number of nitrogens with zero attached hydrogens (tertiary/aromatic N) is 4. The van der Waals surface area contributed by atoms with Crippen LogP contribution in [0.4, 0.5) is 0 Å². The highest BCUT2D eigenvalue weighted by Crippen LogP contribution is 2.24. The van der Waals surface area contributed by atoms with Gasteiger partial charge in [-0.1, -0.05) is 18.2 Å². The summed E-state index contributed by atoms with van der Waals surface area (Å²) in [6, 6.07) is 10.7. The molecule has 1 aromatic carbocycles. The highest BCUT2D eigenvalue weighted by molar-refractivity contribution is 7.12. The van der Waals surface area contributed by atoms with Gasteiger partial charge in [0.2, 0.25) is 5.58 Å². The maximum Gasteiger partial charge on any atom is 0.326 e. The number of ether oxygens (including phenoxy) is 1. The Hall–Kier alpha value is -3.99. The Morgan fingerprint density at radius 2 is 1.79 bits per heavy atom. The Labute approximate surface area is 196 Å². The molecule has 5 rings (SSSR count). The van der Waals surface area contributed by atoms with E-state index in [-0.39, 0.29) is 17.4 Å². The zero-order chi connectivity index (χ0) is 23.7. The monoisotopic (exact) mass is 480 g/mol. The van der Waals surface area contributed by atoms with E-state index in [1.54, 1.807) is 34.1 Å². The third kappa shape index (κ3) is 4.17. The largest absolute Gasteiger partial charge is 0.454 e. The molecule has 0 saturated carbocycles. The number of carbonyl (C=O) groups is 3. The second-order valence-corrected chi connectivity index (χ2v) is 8.71. The molecule has 4 aromatic rings. The van der Waals surface area contributed by atoms with Gasteiger partial charge >= 0.3 is 5.97 Å².